The van der Waals surface area contributed by atoms with E-state index >= 15 is 0 Å². The molecular formula is C19H26N8. The maximum Gasteiger partial charge on any atom is 0.250 e. The summed E-state index contributed by atoms with van der Waals surface area (Å²) in [5.74, 6) is 1.99. The van der Waals surface area contributed by atoms with E-state index in [1.165, 1.54) is 38.5 Å². The molecule has 2 aliphatic rings. The predicted molar refractivity (Wildman–Crippen MR) is 107 cm³/mol. The first-order valence-electron chi connectivity index (χ1n) is 9.84. The summed E-state index contributed by atoms with van der Waals surface area (Å²) in [5.41, 5.74) is 3.75. The van der Waals surface area contributed by atoms with Crippen molar-refractivity contribution in [3.63, 3.8) is 0 Å². The summed E-state index contributed by atoms with van der Waals surface area (Å²) in [6.07, 6.45) is 10.7. The van der Waals surface area contributed by atoms with Crippen LogP contribution in [0.25, 0.3) is 0 Å². The van der Waals surface area contributed by atoms with Crippen LogP contribution in [0.3, 0.4) is 0 Å². The fourth-order valence-electron chi connectivity index (χ4n) is 3.48. The number of rotatable bonds is 5. The maximum atomic E-state index is 4.77. The van der Waals surface area contributed by atoms with Crippen LogP contribution in [0, 0.1) is 0 Å². The smallest absolute Gasteiger partial charge is 0.250 e. The molecule has 0 radical (unpaired) electrons. The normalized spacial score (nSPS) is 18.1. The van der Waals surface area contributed by atoms with E-state index in [0.29, 0.717) is 5.95 Å². The standard InChI is InChI=1S/C19H26N8/c1-5-11-26(12-6-1)18-22-17(25-21-15-16-9-3-4-10-20-16)23-19(24-18)27-13-7-2-8-14-27/h3-4,9-10,15H,1-2,5-8,11-14H2,(H,22,23,24,25). The number of nitrogens with one attached hydrogen (secondary N) is 1. The lowest BCUT2D eigenvalue weighted by molar-refractivity contribution is 0.556. The Morgan fingerprint density at radius 2 is 1.44 bits per heavy atom. The molecule has 0 atom stereocenters. The summed E-state index contributed by atoms with van der Waals surface area (Å²) in [6.45, 7) is 4.00. The highest BCUT2D eigenvalue weighted by Crippen LogP contribution is 2.22. The van der Waals surface area contributed by atoms with Crippen molar-refractivity contribution in [2.45, 2.75) is 38.5 Å². The molecule has 2 fully saturated rings. The van der Waals surface area contributed by atoms with Gasteiger partial charge in [-0.15, -0.1) is 0 Å². The van der Waals surface area contributed by atoms with Crippen molar-refractivity contribution < 1.29 is 0 Å². The first-order chi connectivity index (χ1) is 13.4. The van der Waals surface area contributed by atoms with Crippen LogP contribution in [0.15, 0.2) is 29.5 Å². The summed E-state index contributed by atoms with van der Waals surface area (Å²) >= 11 is 0. The number of hydrazone groups is 1. The van der Waals surface area contributed by atoms with Crippen LogP contribution < -0.4 is 15.2 Å². The first-order valence-corrected chi connectivity index (χ1v) is 9.84. The van der Waals surface area contributed by atoms with Crippen LogP contribution in [0.5, 0.6) is 0 Å². The van der Waals surface area contributed by atoms with Gasteiger partial charge in [0.15, 0.2) is 0 Å². The zero-order chi connectivity index (χ0) is 18.3. The first kappa shape index (κ1) is 17.6. The summed E-state index contributed by atoms with van der Waals surface area (Å²) in [6, 6.07) is 5.71. The van der Waals surface area contributed by atoms with E-state index < -0.39 is 0 Å². The van der Waals surface area contributed by atoms with Crippen LogP contribution >= 0.6 is 0 Å². The van der Waals surface area contributed by atoms with Gasteiger partial charge in [-0.1, -0.05) is 6.07 Å². The van der Waals surface area contributed by atoms with E-state index in [4.69, 9.17) is 4.98 Å². The van der Waals surface area contributed by atoms with Gasteiger partial charge in [-0.2, -0.15) is 20.1 Å². The highest BCUT2D eigenvalue weighted by Gasteiger charge is 2.20. The van der Waals surface area contributed by atoms with Crippen LogP contribution in [-0.4, -0.2) is 52.3 Å². The van der Waals surface area contributed by atoms with Gasteiger partial charge in [0, 0.05) is 32.4 Å². The van der Waals surface area contributed by atoms with Crippen LogP contribution in [0.2, 0.25) is 0 Å². The summed E-state index contributed by atoms with van der Waals surface area (Å²) < 4.78 is 0. The largest absolute Gasteiger partial charge is 0.341 e. The minimum absolute atomic E-state index is 0.485. The number of piperidine rings is 2. The molecule has 8 nitrogen and oxygen atoms in total. The van der Waals surface area contributed by atoms with E-state index in [-0.39, 0.29) is 0 Å². The molecule has 2 aliphatic heterocycles. The Bertz CT molecular complexity index is 715. The molecule has 0 bridgehead atoms. The van der Waals surface area contributed by atoms with Crippen LogP contribution in [0.4, 0.5) is 17.8 Å². The Hall–Kier alpha value is -2.77. The van der Waals surface area contributed by atoms with Crippen molar-refractivity contribution in [3.05, 3.63) is 30.1 Å². The van der Waals surface area contributed by atoms with Gasteiger partial charge in [0.2, 0.25) is 17.8 Å². The van der Waals surface area contributed by atoms with Gasteiger partial charge in [0.05, 0.1) is 11.9 Å². The molecule has 1 N–H and O–H groups in total. The summed E-state index contributed by atoms with van der Waals surface area (Å²) in [5, 5.41) is 4.26. The van der Waals surface area contributed by atoms with E-state index in [0.717, 1.165) is 43.8 Å². The van der Waals surface area contributed by atoms with Gasteiger partial charge < -0.3 is 9.80 Å². The highest BCUT2D eigenvalue weighted by atomic mass is 15.4. The third kappa shape index (κ3) is 4.69. The van der Waals surface area contributed by atoms with Crippen molar-refractivity contribution in [2.24, 2.45) is 5.10 Å². The van der Waals surface area contributed by atoms with E-state index in [1.807, 2.05) is 18.2 Å². The molecule has 8 heteroatoms. The van der Waals surface area contributed by atoms with E-state index in [2.05, 4.69) is 35.3 Å². The summed E-state index contributed by atoms with van der Waals surface area (Å²) in [7, 11) is 0. The van der Waals surface area contributed by atoms with Crippen molar-refractivity contribution >= 4 is 24.1 Å². The third-order valence-electron chi connectivity index (χ3n) is 4.94. The minimum Gasteiger partial charge on any atom is -0.341 e. The maximum absolute atomic E-state index is 4.77. The average Bonchev–Trinajstić information content (AvgIpc) is 2.76. The molecule has 4 rings (SSSR count). The number of hydrogen-bond acceptors (Lipinski definition) is 8. The second-order valence-corrected chi connectivity index (χ2v) is 6.98. The molecule has 0 spiro atoms. The van der Waals surface area contributed by atoms with Gasteiger partial charge >= 0.3 is 0 Å². The Morgan fingerprint density at radius 3 is 2.00 bits per heavy atom. The van der Waals surface area contributed by atoms with E-state index in [9.17, 15) is 0 Å². The van der Waals surface area contributed by atoms with E-state index in [1.54, 1.807) is 12.4 Å². The molecule has 0 aliphatic carbocycles. The Morgan fingerprint density at radius 1 is 0.815 bits per heavy atom. The summed E-state index contributed by atoms with van der Waals surface area (Å²) in [4.78, 5) is 22.7. The molecule has 27 heavy (non-hydrogen) atoms. The van der Waals surface area contributed by atoms with Gasteiger partial charge in [-0.3, -0.25) is 4.98 Å². The number of nitrogens with zero attached hydrogens (tertiary/aromatic N) is 7. The second-order valence-electron chi connectivity index (χ2n) is 6.98. The van der Waals surface area contributed by atoms with Crippen molar-refractivity contribution in [1.29, 1.82) is 0 Å². The molecule has 142 valence electrons. The van der Waals surface area contributed by atoms with Crippen LogP contribution in [0.1, 0.15) is 44.2 Å². The number of aromatic nitrogens is 4. The molecule has 2 saturated heterocycles. The molecule has 0 saturated carbocycles. The average molecular weight is 366 g/mol. The fraction of sp³-hybridized carbons (Fsp3) is 0.526. The fourth-order valence-corrected chi connectivity index (χ4v) is 3.48. The second kappa shape index (κ2) is 8.75. The van der Waals surface area contributed by atoms with Crippen LogP contribution in [-0.2, 0) is 0 Å². The van der Waals surface area contributed by atoms with Crippen molar-refractivity contribution in [3.8, 4) is 0 Å². The van der Waals surface area contributed by atoms with Gasteiger partial charge in [-0.25, -0.2) is 5.43 Å². The zero-order valence-corrected chi connectivity index (χ0v) is 15.6. The third-order valence-corrected chi connectivity index (χ3v) is 4.94. The number of pyridine rings is 1. The Kier molecular flexibility index (Phi) is 5.71. The quantitative estimate of drug-likeness (QED) is 0.643. The monoisotopic (exact) mass is 366 g/mol. The molecule has 0 unspecified atom stereocenters. The molecule has 0 aromatic carbocycles. The number of hydrogen-bond donors (Lipinski definition) is 1. The Balaban J connectivity index is 1.55. The molecular weight excluding hydrogens is 340 g/mol. The lowest BCUT2D eigenvalue weighted by Gasteiger charge is -2.30. The SMILES string of the molecule is C(=NNc1nc(N2CCCCC2)nc(N2CCCCC2)n1)c1ccccn1. The molecule has 0 amide bonds. The molecule has 2 aromatic heterocycles. The predicted octanol–water partition coefficient (Wildman–Crippen LogP) is 2.69. The highest BCUT2D eigenvalue weighted by molar-refractivity contribution is 5.77. The lowest BCUT2D eigenvalue weighted by Crippen LogP contribution is -2.34. The Labute approximate surface area is 159 Å². The number of anilines is 3. The van der Waals surface area contributed by atoms with Gasteiger partial charge in [-0.05, 0) is 50.7 Å². The van der Waals surface area contributed by atoms with Crippen molar-refractivity contribution in [2.75, 3.05) is 41.4 Å². The topological polar surface area (TPSA) is 82.4 Å². The molecule has 4 heterocycles. The molecule has 2 aromatic rings. The zero-order valence-electron chi connectivity index (χ0n) is 15.6. The minimum atomic E-state index is 0.485. The van der Waals surface area contributed by atoms with Gasteiger partial charge in [0.1, 0.15) is 0 Å². The van der Waals surface area contributed by atoms with Crippen molar-refractivity contribution in [1.82, 2.24) is 19.9 Å². The van der Waals surface area contributed by atoms with Gasteiger partial charge in [0.25, 0.3) is 0 Å². The lowest BCUT2D eigenvalue weighted by atomic mass is 10.1.